The van der Waals surface area contributed by atoms with E-state index in [1.807, 2.05) is 0 Å². The van der Waals surface area contributed by atoms with Crippen LogP contribution in [0.1, 0.15) is 6.42 Å². The van der Waals surface area contributed by atoms with Gasteiger partial charge >= 0.3 is 0 Å². The predicted molar refractivity (Wildman–Crippen MR) is 74.5 cm³/mol. The number of amides is 1. The van der Waals surface area contributed by atoms with Crippen molar-refractivity contribution >= 4 is 52.1 Å². The molecule has 0 saturated carbocycles. The van der Waals surface area contributed by atoms with E-state index in [0.29, 0.717) is 27.4 Å². The molecule has 92 valence electrons. The van der Waals surface area contributed by atoms with Crippen LogP contribution in [0.5, 0.6) is 0 Å². The molecule has 17 heavy (non-hydrogen) atoms. The summed E-state index contributed by atoms with van der Waals surface area (Å²) < 4.78 is 0. The number of primary amides is 1. The molecule has 0 unspecified atom stereocenters. The highest BCUT2D eigenvalue weighted by Gasteiger charge is 2.06. The average Bonchev–Trinajstić information content (AvgIpc) is 2.23. The first-order valence-corrected chi connectivity index (χ1v) is 5.94. The molecule has 0 spiro atoms. The van der Waals surface area contributed by atoms with Gasteiger partial charge in [-0.25, -0.2) is 0 Å². The van der Waals surface area contributed by atoms with Crippen molar-refractivity contribution in [3.63, 3.8) is 0 Å². The molecule has 4 nitrogen and oxygen atoms in total. The molecule has 0 aliphatic carbocycles. The van der Waals surface area contributed by atoms with Gasteiger partial charge in [0, 0.05) is 13.0 Å². The van der Waals surface area contributed by atoms with Crippen molar-refractivity contribution in [2.75, 3.05) is 11.9 Å². The van der Waals surface area contributed by atoms with Gasteiger partial charge in [-0.3, -0.25) is 4.79 Å². The number of hydrogen-bond donors (Lipinski definition) is 3. The summed E-state index contributed by atoms with van der Waals surface area (Å²) in [7, 11) is 0. The lowest BCUT2D eigenvalue weighted by molar-refractivity contribution is -0.117. The van der Waals surface area contributed by atoms with E-state index in [2.05, 4.69) is 10.6 Å². The largest absolute Gasteiger partial charge is 0.370 e. The zero-order valence-corrected chi connectivity index (χ0v) is 11.1. The van der Waals surface area contributed by atoms with Crippen molar-refractivity contribution in [2.24, 2.45) is 5.73 Å². The third kappa shape index (κ3) is 4.77. The summed E-state index contributed by atoms with van der Waals surface area (Å²) in [5.74, 6) is -0.393. The predicted octanol–water partition coefficient (Wildman–Crippen LogP) is 2.16. The van der Waals surface area contributed by atoms with Crippen molar-refractivity contribution in [3.05, 3.63) is 28.2 Å². The average molecular weight is 292 g/mol. The van der Waals surface area contributed by atoms with E-state index < -0.39 is 5.91 Å². The van der Waals surface area contributed by atoms with Crippen LogP contribution in [0, 0.1) is 0 Å². The number of thiocarbonyl (C=S) groups is 1. The molecule has 0 saturated heterocycles. The second kappa shape index (κ2) is 6.64. The second-order valence-electron chi connectivity index (χ2n) is 3.19. The number of rotatable bonds is 4. The Labute approximate surface area is 114 Å². The Hall–Kier alpha value is -1.04. The smallest absolute Gasteiger partial charge is 0.219 e. The molecule has 1 aromatic rings. The molecule has 1 aromatic carbocycles. The van der Waals surface area contributed by atoms with Gasteiger partial charge in [-0.15, -0.1) is 0 Å². The standard InChI is InChI=1S/C10H11Cl2N3OS/c11-6-2-1-3-7(12)9(6)15-10(17)14-5-4-8(13)16/h1-3H,4-5H2,(H2,13,16)(H2,14,15,17). The lowest BCUT2D eigenvalue weighted by atomic mass is 10.3. The third-order valence-corrected chi connectivity index (χ3v) is 2.73. The molecule has 0 atom stereocenters. The van der Waals surface area contributed by atoms with E-state index in [9.17, 15) is 4.79 Å². The second-order valence-corrected chi connectivity index (χ2v) is 4.42. The van der Waals surface area contributed by atoms with Crippen LogP contribution in [-0.4, -0.2) is 17.6 Å². The summed E-state index contributed by atoms with van der Waals surface area (Å²) in [6, 6.07) is 5.13. The Balaban J connectivity index is 2.53. The van der Waals surface area contributed by atoms with Gasteiger partial charge < -0.3 is 16.4 Å². The van der Waals surface area contributed by atoms with Gasteiger partial charge in [-0.05, 0) is 24.4 Å². The van der Waals surface area contributed by atoms with Crippen LogP contribution in [0.15, 0.2) is 18.2 Å². The SMILES string of the molecule is NC(=O)CCNC(=S)Nc1c(Cl)cccc1Cl. The summed E-state index contributed by atoms with van der Waals surface area (Å²) in [5, 5.41) is 6.95. The Morgan fingerprint density at radius 3 is 2.47 bits per heavy atom. The van der Waals surface area contributed by atoms with Gasteiger partial charge in [0.05, 0.1) is 15.7 Å². The highest BCUT2D eigenvalue weighted by molar-refractivity contribution is 7.80. The monoisotopic (exact) mass is 291 g/mol. The van der Waals surface area contributed by atoms with Crippen LogP contribution in [0.25, 0.3) is 0 Å². The molecule has 7 heteroatoms. The summed E-state index contributed by atoms with van der Waals surface area (Å²) in [6.45, 7) is 0.364. The minimum Gasteiger partial charge on any atom is -0.370 e. The zero-order valence-electron chi connectivity index (χ0n) is 8.80. The number of carbonyl (C=O) groups excluding carboxylic acids is 1. The summed E-state index contributed by atoms with van der Waals surface area (Å²) in [6.07, 6.45) is 0.206. The van der Waals surface area contributed by atoms with Crippen LogP contribution in [0.3, 0.4) is 0 Å². The maximum Gasteiger partial charge on any atom is 0.219 e. The van der Waals surface area contributed by atoms with Crippen LogP contribution in [-0.2, 0) is 4.79 Å². The van der Waals surface area contributed by atoms with Crippen molar-refractivity contribution in [2.45, 2.75) is 6.42 Å². The number of benzene rings is 1. The highest BCUT2D eigenvalue weighted by atomic mass is 35.5. The van der Waals surface area contributed by atoms with Crippen molar-refractivity contribution < 1.29 is 4.79 Å². The van der Waals surface area contributed by atoms with Gasteiger partial charge in [0.15, 0.2) is 5.11 Å². The molecule has 0 aliphatic heterocycles. The molecule has 4 N–H and O–H groups in total. The summed E-state index contributed by atoms with van der Waals surface area (Å²) in [5.41, 5.74) is 5.53. The van der Waals surface area contributed by atoms with Gasteiger partial charge in [-0.2, -0.15) is 0 Å². The lowest BCUT2D eigenvalue weighted by Gasteiger charge is -2.12. The maximum atomic E-state index is 10.5. The normalized spacial score (nSPS) is 9.76. The highest BCUT2D eigenvalue weighted by Crippen LogP contribution is 2.29. The van der Waals surface area contributed by atoms with Gasteiger partial charge in [0.2, 0.25) is 5.91 Å². The van der Waals surface area contributed by atoms with Crippen LogP contribution in [0.4, 0.5) is 5.69 Å². The first-order chi connectivity index (χ1) is 8.00. The molecule has 0 radical (unpaired) electrons. The molecular weight excluding hydrogens is 281 g/mol. The fourth-order valence-electron chi connectivity index (χ4n) is 1.07. The Kier molecular flexibility index (Phi) is 5.47. The van der Waals surface area contributed by atoms with Crippen LogP contribution >= 0.6 is 35.4 Å². The molecule has 0 bridgehead atoms. The molecular formula is C10H11Cl2N3OS. The number of anilines is 1. The van der Waals surface area contributed by atoms with E-state index in [0.717, 1.165) is 0 Å². The number of nitrogens with one attached hydrogen (secondary N) is 2. The van der Waals surface area contributed by atoms with Crippen LogP contribution in [0.2, 0.25) is 10.0 Å². The number of halogens is 2. The Morgan fingerprint density at radius 1 is 1.35 bits per heavy atom. The molecule has 0 aromatic heterocycles. The number of hydrogen-bond acceptors (Lipinski definition) is 2. The zero-order chi connectivity index (χ0) is 12.8. The van der Waals surface area contributed by atoms with E-state index in [4.69, 9.17) is 41.2 Å². The Bertz CT molecular complexity index is 419. The van der Waals surface area contributed by atoms with E-state index in [1.54, 1.807) is 18.2 Å². The summed E-state index contributed by atoms with van der Waals surface area (Å²) in [4.78, 5) is 10.5. The fourth-order valence-corrected chi connectivity index (χ4v) is 1.77. The van der Waals surface area contributed by atoms with Crippen molar-refractivity contribution in [1.29, 1.82) is 0 Å². The number of carbonyl (C=O) groups is 1. The lowest BCUT2D eigenvalue weighted by Crippen LogP contribution is -2.31. The Morgan fingerprint density at radius 2 is 1.94 bits per heavy atom. The fraction of sp³-hybridized carbons (Fsp3) is 0.200. The molecule has 0 fully saturated rings. The number of para-hydroxylation sites is 1. The first kappa shape index (κ1) is 14.0. The minimum atomic E-state index is -0.393. The summed E-state index contributed by atoms with van der Waals surface area (Å²) >= 11 is 16.9. The molecule has 0 aliphatic rings. The van der Waals surface area contributed by atoms with Gasteiger partial charge in [0.25, 0.3) is 0 Å². The molecule has 1 rings (SSSR count). The van der Waals surface area contributed by atoms with E-state index in [1.165, 1.54) is 0 Å². The maximum absolute atomic E-state index is 10.5. The minimum absolute atomic E-state index is 0.206. The number of nitrogens with two attached hydrogens (primary N) is 1. The molecule has 0 heterocycles. The van der Waals surface area contributed by atoms with E-state index in [-0.39, 0.29) is 6.42 Å². The van der Waals surface area contributed by atoms with Crippen molar-refractivity contribution in [1.82, 2.24) is 5.32 Å². The molecule has 1 amide bonds. The topological polar surface area (TPSA) is 67.2 Å². The first-order valence-electron chi connectivity index (χ1n) is 4.78. The van der Waals surface area contributed by atoms with Gasteiger partial charge in [0.1, 0.15) is 0 Å². The van der Waals surface area contributed by atoms with Gasteiger partial charge in [-0.1, -0.05) is 29.3 Å². The van der Waals surface area contributed by atoms with Crippen LogP contribution < -0.4 is 16.4 Å². The quantitative estimate of drug-likeness (QED) is 0.744. The van der Waals surface area contributed by atoms with E-state index >= 15 is 0 Å². The van der Waals surface area contributed by atoms with Crippen molar-refractivity contribution in [3.8, 4) is 0 Å². The third-order valence-electron chi connectivity index (χ3n) is 1.86.